The summed E-state index contributed by atoms with van der Waals surface area (Å²) in [5.74, 6) is -0.171. The van der Waals surface area contributed by atoms with E-state index in [0.29, 0.717) is 16.4 Å². The number of nitrogens with one attached hydrogen (secondary N) is 2. The summed E-state index contributed by atoms with van der Waals surface area (Å²) < 4.78 is 27.4. The predicted molar refractivity (Wildman–Crippen MR) is 112 cm³/mol. The van der Waals surface area contributed by atoms with E-state index in [4.69, 9.17) is 11.6 Å². The highest BCUT2D eigenvalue weighted by Gasteiger charge is 2.13. The molecule has 0 saturated carbocycles. The van der Waals surface area contributed by atoms with Gasteiger partial charge in [-0.3, -0.25) is 9.52 Å². The lowest BCUT2D eigenvalue weighted by Gasteiger charge is -2.10. The predicted octanol–water partition coefficient (Wildman–Crippen LogP) is 4.63. The number of benzene rings is 3. The van der Waals surface area contributed by atoms with Crippen molar-refractivity contribution >= 4 is 38.9 Å². The number of anilines is 2. The monoisotopic (exact) mass is 414 g/mol. The van der Waals surface area contributed by atoms with Gasteiger partial charge in [0, 0.05) is 16.4 Å². The van der Waals surface area contributed by atoms with Crippen molar-refractivity contribution in [1.82, 2.24) is 0 Å². The highest BCUT2D eigenvalue weighted by Crippen LogP contribution is 2.19. The second-order valence-corrected chi connectivity index (χ2v) is 8.47. The van der Waals surface area contributed by atoms with Crippen molar-refractivity contribution in [3.63, 3.8) is 0 Å². The van der Waals surface area contributed by atoms with Gasteiger partial charge in [0.1, 0.15) is 0 Å². The summed E-state index contributed by atoms with van der Waals surface area (Å²) in [5.41, 5.74) is 2.83. The van der Waals surface area contributed by atoms with E-state index in [1.165, 1.54) is 0 Å². The minimum Gasteiger partial charge on any atom is -0.326 e. The molecule has 0 unspecified atom stereocenters. The van der Waals surface area contributed by atoms with Gasteiger partial charge in [-0.15, -0.1) is 0 Å². The zero-order valence-corrected chi connectivity index (χ0v) is 16.7. The minimum absolute atomic E-state index is 0.171. The van der Waals surface area contributed by atoms with Crippen LogP contribution in [-0.2, 0) is 21.2 Å². The summed E-state index contributed by atoms with van der Waals surface area (Å²) in [4.78, 5) is 12.3. The van der Waals surface area contributed by atoms with Gasteiger partial charge in [-0.1, -0.05) is 41.4 Å². The lowest BCUT2D eigenvalue weighted by Crippen LogP contribution is -2.15. The van der Waals surface area contributed by atoms with Gasteiger partial charge < -0.3 is 5.32 Å². The van der Waals surface area contributed by atoms with Crippen LogP contribution >= 0.6 is 11.6 Å². The SMILES string of the molecule is Cc1ccc(S(=O)(=O)Nc2ccc(NC(=O)Cc3ccc(Cl)cc3)cc2)cc1. The first-order chi connectivity index (χ1) is 13.3. The molecule has 2 N–H and O–H groups in total. The molecule has 0 spiro atoms. The van der Waals surface area contributed by atoms with Crippen LogP contribution in [0.3, 0.4) is 0 Å². The Labute approximate surface area is 169 Å². The Morgan fingerprint density at radius 2 is 1.43 bits per heavy atom. The molecule has 0 aliphatic carbocycles. The zero-order chi connectivity index (χ0) is 20.1. The van der Waals surface area contributed by atoms with Crippen LogP contribution < -0.4 is 10.0 Å². The fourth-order valence-electron chi connectivity index (χ4n) is 2.55. The third-order valence-electron chi connectivity index (χ3n) is 4.03. The normalized spacial score (nSPS) is 11.1. The number of sulfonamides is 1. The van der Waals surface area contributed by atoms with Gasteiger partial charge in [0.15, 0.2) is 0 Å². The summed E-state index contributed by atoms with van der Waals surface area (Å²) in [6.07, 6.45) is 0.221. The summed E-state index contributed by atoms with van der Waals surface area (Å²) >= 11 is 5.84. The number of hydrogen-bond acceptors (Lipinski definition) is 3. The van der Waals surface area contributed by atoms with Crippen LogP contribution in [0.15, 0.2) is 77.7 Å². The molecule has 3 aromatic rings. The number of amides is 1. The maximum absolute atomic E-state index is 12.4. The van der Waals surface area contributed by atoms with Crippen molar-refractivity contribution < 1.29 is 13.2 Å². The molecule has 0 aromatic heterocycles. The van der Waals surface area contributed by atoms with Crippen molar-refractivity contribution in [2.45, 2.75) is 18.2 Å². The van der Waals surface area contributed by atoms with Crippen LogP contribution in [0.25, 0.3) is 0 Å². The molecule has 0 heterocycles. The van der Waals surface area contributed by atoms with Gasteiger partial charge in [0.05, 0.1) is 11.3 Å². The van der Waals surface area contributed by atoms with Crippen molar-refractivity contribution in [3.8, 4) is 0 Å². The Bertz CT molecular complexity index is 1060. The van der Waals surface area contributed by atoms with Gasteiger partial charge in [-0.25, -0.2) is 8.42 Å². The van der Waals surface area contributed by atoms with E-state index >= 15 is 0 Å². The van der Waals surface area contributed by atoms with Crippen molar-refractivity contribution in [2.24, 2.45) is 0 Å². The number of carbonyl (C=O) groups is 1. The molecule has 0 aliphatic rings. The van der Waals surface area contributed by atoms with Crippen molar-refractivity contribution in [1.29, 1.82) is 0 Å². The first-order valence-electron chi connectivity index (χ1n) is 8.56. The molecule has 28 heavy (non-hydrogen) atoms. The topological polar surface area (TPSA) is 75.3 Å². The Hall–Kier alpha value is -2.83. The average molecular weight is 415 g/mol. The zero-order valence-electron chi connectivity index (χ0n) is 15.1. The highest BCUT2D eigenvalue weighted by molar-refractivity contribution is 7.92. The van der Waals surface area contributed by atoms with Crippen LogP contribution in [0.4, 0.5) is 11.4 Å². The molecule has 3 aromatic carbocycles. The average Bonchev–Trinajstić information content (AvgIpc) is 2.65. The fourth-order valence-corrected chi connectivity index (χ4v) is 3.73. The highest BCUT2D eigenvalue weighted by atomic mass is 35.5. The molecule has 0 radical (unpaired) electrons. The second kappa shape index (κ2) is 8.46. The lowest BCUT2D eigenvalue weighted by molar-refractivity contribution is -0.115. The standard InChI is InChI=1S/C21H19ClN2O3S/c1-15-2-12-20(13-3-15)28(26,27)24-19-10-8-18(9-11-19)23-21(25)14-16-4-6-17(22)7-5-16/h2-13,24H,14H2,1H3,(H,23,25). The third kappa shape index (κ3) is 5.34. The van der Waals surface area contributed by atoms with Gasteiger partial charge in [-0.05, 0) is 61.0 Å². The maximum Gasteiger partial charge on any atom is 0.261 e. The number of hydrogen-bond donors (Lipinski definition) is 2. The molecule has 144 valence electrons. The minimum atomic E-state index is -3.66. The molecule has 0 aliphatic heterocycles. The van der Waals surface area contributed by atoms with E-state index in [1.807, 2.05) is 6.92 Å². The smallest absolute Gasteiger partial charge is 0.261 e. The van der Waals surface area contributed by atoms with E-state index < -0.39 is 10.0 Å². The lowest BCUT2D eigenvalue weighted by atomic mass is 10.1. The summed E-state index contributed by atoms with van der Waals surface area (Å²) in [7, 11) is -3.66. The van der Waals surface area contributed by atoms with Crippen LogP contribution in [0.1, 0.15) is 11.1 Å². The Morgan fingerprint density at radius 1 is 0.857 bits per heavy atom. The molecule has 1 amide bonds. The van der Waals surface area contributed by atoms with Gasteiger partial charge >= 0.3 is 0 Å². The Morgan fingerprint density at radius 3 is 2.04 bits per heavy atom. The number of carbonyl (C=O) groups excluding carboxylic acids is 1. The van der Waals surface area contributed by atoms with Gasteiger partial charge in [0.25, 0.3) is 10.0 Å². The van der Waals surface area contributed by atoms with E-state index in [0.717, 1.165) is 11.1 Å². The van der Waals surface area contributed by atoms with Gasteiger partial charge in [0.2, 0.25) is 5.91 Å². The van der Waals surface area contributed by atoms with Crippen LogP contribution in [0, 0.1) is 6.92 Å². The maximum atomic E-state index is 12.4. The van der Waals surface area contributed by atoms with Crippen LogP contribution in [-0.4, -0.2) is 14.3 Å². The van der Waals surface area contributed by atoms with Crippen LogP contribution in [0.2, 0.25) is 5.02 Å². The quantitative estimate of drug-likeness (QED) is 0.617. The molecule has 5 nitrogen and oxygen atoms in total. The van der Waals surface area contributed by atoms with E-state index in [1.54, 1.807) is 72.8 Å². The molecule has 7 heteroatoms. The first kappa shape index (κ1) is 19.9. The van der Waals surface area contributed by atoms with Crippen LogP contribution in [0.5, 0.6) is 0 Å². The number of halogens is 1. The molecule has 3 rings (SSSR count). The first-order valence-corrected chi connectivity index (χ1v) is 10.4. The number of aryl methyl sites for hydroxylation is 1. The molecule has 0 saturated heterocycles. The fraction of sp³-hybridized carbons (Fsp3) is 0.0952. The Balaban J connectivity index is 1.62. The van der Waals surface area contributed by atoms with E-state index in [-0.39, 0.29) is 17.2 Å². The third-order valence-corrected chi connectivity index (χ3v) is 5.68. The number of rotatable bonds is 6. The summed E-state index contributed by atoms with van der Waals surface area (Å²) in [6, 6.07) is 20.2. The van der Waals surface area contributed by atoms with Crippen molar-refractivity contribution in [2.75, 3.05) is 10.0 Å². The molecule has 0 bridgehead atoms. The largest absolute Gasteiger partial charge is 0.326 e. The Kier molecular flexibility index (Phi) is 6.02. The van der Waals surface area contributed by atoms with Gasteiger partial charge in [-0.2, -0.15) is 0 Å². The van der Waals surface area contributed by atoms with E-state index in [9.17, 15) is 13.2 Å². The van der Waals surface area contributed by atoms with Crippen molar-refractivity contribution in [3.05, 3.63) is 88.9 Å². The van der Waals surface area contributed by atoms with E-state index in [2.05, 4.69) is 10.0 Å². The summed E-state index contributed by atoms with van der Waals surface area (Å²) in [5, 5.41) is 3.40. The molecule has 0 atom stereocenters. The second-order valence-electron chi connectivity index (χ2n) is 6.35. The summed E-state index contributed by atoms with van der Waals surface area (Å²) in [6.45, 7) is 1.89. The molecular formula is C21H19ClN2O3S. The molecule has 0 fully saturated rings. The molecular weight excluding hydrogens is 396 g/mol.